The van der Waals surface area contributed by atoms with Gasteiger partial charge in [-0.25, -0.2) is 4.90 Å². The fraction of sp³-hybridized carbons (Fsp3) is 0.545. The lowest BCUT2D eigenvalue weighted by atomic mass is 9.97. The topological polar surface area (TPSA) is 63.7 Å². The molecule has 0 aromatic carbocycles. The van der Waals surface area contributed by atoms with Gasteiger partial charge in [0.25, 0.3) is 5.91 Å². The molecule has 0 saturated carbocycles. The Balaban J connectivity index is 2.76. The number of hydrogen-bond acceptors (Lipinski definition) is 4. The van der Waals surface area contributed by atoms with E-state index in [-0.39, 0.29) is 0 Å². The van der Waals surface area contributed by atoms with Crippen molar-refractivity contribution in [1.29, 1.82) is 0 Å². The van der Waals surface area contributed by atoms with E-state index in [4.69, 9.17) is 4.74 Å². The van der Waals surface area contributed by atoms with E-state index >= 15 is 0 Å². The molecule has 5 heteroatoms. The Kier molecular flexibility index (Phi) is 3.16. The number of carbonyl (C=O) groups excluding carboxylic acids is 3. The van der Waals surface area contributed by atoms with E-state index in [1.54, 1.807) is 20.8 Å². The van der Waals surface area contributed by atoms with Crippen molar-refractivity contribution in [3.05, 3.63) is 12.2 Å². The zero-order valence-corrected chi connectivity index (χ0v) is 9.81. The van der Waals surface area contributed by atoms with Crippen LogP contribution in [-0.4, -0.2) is 28.9 Å². The zero-order valence-electron chi connectivity index (χ0n) is 9.81. The first-order chi connectivity index (χ1) is 7.23. The van der Waals surface area contributed by atoms with Crippen LogP contribution in [0.15, 0.2) is 12.2 Å². The summed E-state index contributed by atoms with van der Waals surface area (Å²) in [6.45, 7) is 6.36. The van der Waals surface area contributed by atoms with Crippen molar-refractivity contribution >= 4 is 17.8 Å². The highest BCUT2D eigenvalue weighted by Crippen LogP contribution is 2.20. The maximum Gasteiger partial charge on any atom is 0.313 e. The van der Waals surface area contributed by atoms with Gasteiger partial charge in [-0.15, -0.1) is 0 Å². The Morgan fingerprint density at radius 1 is 1.38 bits per heavy atom. The Labute approximate surface area is 94.1 Å². The second-order valence-electron chi connectivity index (χ2n) is 4.63. The summed E-state index contributed by atoms with van der Waals surface area (Å²) in [7, 11) is 0. The molecular weight excluding hydrogens is 210 g/mol. The van der Waals surface area contributed by atoms with Crippen molar-refractivity contribution in [1.82, 2.24) is 4.90 Å². The molecule has 0 aliphatic carbocycles. The predicted molar refractivity (Wildman–Crippen MR) is 56.0 cm³/mol. The van der Waals surface area contributed by atoms with Crippen LogP contribution in [-0.2, 0) is 19.1 Å². The SMILES string of the molecule is CC(=O)N1C(=O)C=C[C@H]1OC(=O)C(C)(C)C. The molecule has 0 saturated heterocycles. The summed E-state index contributed by atoms with van der Waals surface area (Å²) < 4.78 is 5.08. The Morgan fingerprint density at radius 3 is 2.38 bits per heavy atom. The molecule has 1 atom stereocenters. The Morgan fingerprint density at radius 2 is 1.94 bits per heavy atom. The minimum absolute atomic E-state index is 0.443. The molecule has 1 aliphatic rings. The smallest absolute Gasteiger partial charge is 0.313 e. The molecule has 0 radical (unpaired) electrons. The van der Waals surface area contributed by atoms with Gasteiger partial charge in [0.2, 0.25) is 12.1 Å². The molecule has 16 heavy (non-hydrogen) atoms. The molecule has 0 N–H and O–H groups in total. The number of amides is 2. The van der Waals surface area contributed by atoms with Crippen molar-refractivity contribution in [2.24, 2.45) is 5.41 Å². The average Bonchev–Trinajstić information content (AvgIpc) is 2.45. The number of ether oxygens (including phenoxy) is 1. The lowest BCUT2D eigenvalue weighted by Crippen LogP contribution is -2.42. The molecule has 5 nitrogen and oxygen atoms in total. The maximum atomic E-state index is 11.6. The van der Waals surface area contributed by atoms with Crippen molar-refractivity contribution in [3.8, 4) is 0 Å². The van der Waals surface area contributed by atoms with Crippen LogP contribution in [0.1, 0.15) is 27.7 Å². The van der Waals surface area contributed by atoms with Crippen LogP contribution < -0.4 is 0 Å². The summed E-state index contributed by atoms with van der Waals surface area (Å²) >= 11 is 0. The average molecular weight is 225 g/mol. The summed E-state index contributed by atoms with van der Waals surface area (Å²) in [6.07, 6.45) is 1.71. The molecule has 0 bridgehead atoms. The number of esters is 1. The third kappa shape index (κ3) is 2.48. The fourth-order valence-electron chi connectivity index (χ4n) is 1.17. The molecular formula is C11H15NO4. The van der Waals surface area contributed by atoms with E-state index in [2.05, 4.69) is 0 Å². The second kappa shape index (κ2) is 4.08. The van der Waals surface area contributed by atoms with Gasteiger partial charge in [-0.05, 0) is 26.8 Å². The van der Waals surface area contributed by atoms with Gasteiger partial charge in [0.15, 0.2) is 0 Å². The predicted octanol–water partition coefficient (Wildman–Crippen LogP) is 0.847. The maximum absolute atomic E-state index is 11.6. The number of hydrogen-bond donors (Lipinski definition) is 0. The van der Waals surface area contributed by atoms with Crippen LogP contribution in [0.2, 0.25) is 0 Å². The fourth-order valence-corrected chi connectivity index (χ4v) is 1.17. The van der Waals surface area contributed by atoms with Crippen LogP contribution >= 0.6 is 0 Å². The van der Waals surface area contributed by atoms with E-state index in [0.29, 0.717) is 0 Å². The van der Waals surface area contributed by atoms with Gasteiger partial charge in [0.1, 0.15) is 0 Å². The van der Waals surface area contributed by atoms with Gasteiger partial charge in [0.05, 0.1) is 5.41 Å². The van der Waals surface area contributed by atoms with Crippen LogP contribution in [0, 0.1) is 5.41 Å². The van der Waals surface area contributed by atoms with Gasteiger partial charge < -0.3 is 4.74 Å². The normalized spacial score (nSPS) is 20.1. The van der Waals surface area contributed by atoms with Gasteiger partial charge in [0, 0.05) is 13.0 Å². The lowest BCUT2D eigenvalue weighted by Gasteiger charge is -2.25. The first kappa shape index (κ1) is 12.4. The summed E-state index contributed by atoms with van der Waals surface area (Å²) in [4.78, 5) is 35.0. The first-order valence-corrected chi connectivity index (χ1v) is 4.96. The summed E-state index contributed by atoms with van der Waals surface area (Å²) in [5, 5.41) is 0. The minimum Gasteiger partial charge on any atom is -0.437 e. The number of carbonyl (C=O) groups is 3. The molecule has 0 aromatic heterocycles. The molecule has 0 aromatic rings. The van der Waals surface area contributed by atoms with Crippen molar-refractivity contribution in [2.75, 3.05) is 0 Å². The molecule has 1 heterocycles. The molecule has 0 fully saturated rings. The van der Waals surface area contributed by atoms with Crippen LogP contribution in [0.3, 0.4) is 0 Å². The van der Waals surface area contributed by atoms with Gasteiger partial charge >= 0.3 is 5.97 Å². The van der Waals surface area contributed by atoms with Crippen LogP contribution in [0.5, 0.6) is 0 Å². The monoisotopic (exact) mass is 225 g/mol. The molecule has 2 amide bonds. The molecule has 88 valence electrons. The molecule has 0 unspecified atom stereocenters. The Bertz CT molecular complexity index is 365. The van der Waals surface area contributed by atoms with Gasteiger partial charge in [-0.1, -0.05) is 0 Å². The van der Waals surface area contributed by atoms with Crippen LogP contribution in [0.4, 0.5) is 0 Å². The minimum atomic E-state index is -0.906. The molecule has 1 rings (SSSR count). The lowest BCUT2D eigenvalue weighted by molar-refractivity contribution is -0.168. The van der Waals surface area contributed by atoms with E-state index in [9.17, 15) is 14.4 Å². The first-order valence-electron chi connectivity index (χ1n) is 4.96. The van der Waals surface area contributed by atoms with Crippen molar-refractivity contribution < 1.29 is 19.1 Å². The summed E-state index contributed by atoms with van der Waals surface area (Å²) in [5.41, 5.74) is -0.665. The largest absolute Gasteiger partial charge is 0.437 e. The van der Waals surface area contributed by atoms with E-state index in [1.165, 1.54) is 19.1 Å². The molecule has 0 spiro atoms. The summed E-state index contributed by atoms with van der Waals surface area (Å²) in [6, 6.07) is 0. The number of imide groups is 1. The van der Waals surface area contributed by atoms with Gasteiger partial charge in [-0.2, -0.15) is 0 Å². The highest BCUT2D eigenvalue weighted by molar-refractivity contribution is 6.02. The number of rotatable bonds is 1. The second-order valence-corrected chi connectivity index (χ2v) is 4.63. The standard InChI is InChI=1S/C11H15NO4/c1-7(13)12-8(14)5-6-9(12)16-10(15)11(2,3)4/h5-6,9H,1-4H3/t9-/m1/s1. The van der Waals surface area contributed by atoms with Crippen LogP contribution in [0.25, 0.3) is 0 Å². The highest BCUT2D eigenvalue weighted by atomic mass is 16.6. The quantitative estimate of drug-likeness (QED) is 0.620. The Hall–Kier alpha value is -1.65. The summed E-state index contributed by atoms with van der Waals surface area (Å²) in [5.74, 6) is -1.36. The van der Waals surface area contributed by atoms with E-state index in [1.807, 2.05) is 0 Å². The van der Waals surface area contributed by atoms with E-state index < -0.39 is 29.4 Å². The van der Waals surface area contributed by atoms with Crippen molar-refractivity contribution in [2.45, 2.75) is 33.9 Å². The van der Waals surface area contributed by atoms with Gasteiger partial charge in [-0.3, -0.25) is 14.4 Å². The third-order valence-electron chi connectivity index (χ3n) is 2.07. The number of nitrogens with zero attached hydrogens (tertiary/aromatic N) is 1. The molecule has 1 aliphatic heterocycles. The highest BCUT2D eigenvalue weighted by Gasteiger charge is 2.34. The third-order valence-corrected chi connectivity index (χ3v) is 2.07. The zero-order chi connectivity index (χ0) is 12.5. The van der Waals surface area contributed by atoms with E-state index in [0.717, 1.165) is 4.90 Å². The van der Waals surface area contributed by atoms with Crippen molar-refractivity contribution in [3.63, 3.8) is 0 Å².